The molecule has 184 valence electrons. The summed E-state index contributed by atoms with van der Waals surface area (Å²) < 4.78 is 28.5. The lowest BCUT2D eigenvalue weighted by atomic mass is 10.1. The Bertz CT molecular complexity index is 1490. The van der Waals surface area contributed by atoms with Crippen molar-refractivity contribution < 1.29 is 8.78 Å². The second-order valence-corrected chi connectivity index (χ2v) is 8.72. The van der Waals surface area contributed by atoms with E-state index in [4.69, 9.17) is 0 Å². The molecule has 9 nitrogen and oxygen atoms in total. The molecule has 1 unspecified atom stereocenters. The average Bonchev–Trinajstić information content (AvgIpc) is 3.56. The molecule has 3 N–H and O–H groups in total. The third-order valence-corrected chi connectivity index (χ3v) is 6.43. The van der Waals surface area contributed by atoms with Crippen LogP contribution in [-0.4, -0.2) is 62.2 Å². The lowest BCUT2D eigenvalue weighted by Gasteiger charge is -2.28. The van der Waals surface area contributed by atoms with Crippen molar-refractivity contribution in [1.82, 2.24) is 34.6 Å². The minimum absolute atomic E-state index is 0.187. The van der Waals surface area contributed by atoms with Crippen LogP contribution in [0.15, 0.2) is 55.2 Å². The van der Waals surface area contributed by atoms with Gasteiger partial charge in [-0.3, -0.25) is 0 Å². The Morgan fingerprint density at radius 3 is 2.72 bits per heavy atom. The molecule has 1 fully saturated rings. The standard InChI is InChI=1S/C25H25F2N9/c26-9-20(27)21-14-30-23-4-2-17(15-36(21)23)18-12-31-24-19(18)13-33-25(34-24)32-11-16-1-3-22(29-10-16)35-7-5-28-6-8-35/h1-4,10,12-15,20,28H,5-9,11H2,(H2,31,32,33,34). The van der Waals surface area contributed by atoms with Gasteiger partial charge in [0.25, 0.3) is 0 Å². The van der Waals surface area contributed by atoms with Gasteiger partial charge in [-0.05, 0) is 23.8 Å². The zero-order valence-corrected chi connectivity index (χ0v) is 19.5. The maximum atomic E-state index is 14.0. The normalized spacial score (nSPS) is 15.0. The van der Waals surface area contributed by atoms with Gasteiger partial charge in [-0.1, -0.05) is 6.07 Å². The van der Waals surface area contributed by atoms with E-state index in [0.717, 1.165) is 54.1 Å². The largest absolute Gasteiger partial charge is 0.354 e. The van der Waals surface area contributed by atoms with Crippen LogP contribution in [0.25, 0.3) is 27.8 Å². The number of halogens is 2. The van der Waals surface area contributed by atoms with Gasteiger partial charge in [0, 0.05) is 74.0 Å². The van der Waals surface area contributed by atoms with Crippen LogP contribution in [0.2, 0.25) is 0 Å². The summed E-state index contributed by atoms with van der Waals surface area (Å²) >= 11 is 0. The Morgan fingerprint density at radius 2 is 1.92 bits per heavy atom. The van der Waals surface area contributed by atoms with Crippen LogP contribution in [0.1, 0.15) is 17.4 Å². The van der Waals surface area contributed by atoms with Crippen LogP contribution < -0.4 is 15.5 Å². The molecule has 1 aliphatic heterocycles. The lowest BCUT2D eigenvalue weighted by molar-refractivity contribution is 0.259. The van der Waals surface area contributed by atoms with Crippen LogP contribution in [0.3, 0.4) is 0 Å². The molecule has 0 aromatic carbocycles. The smallest absolute Gasteiger partial charge is 0.224 e. The molecule has 5 aromatic rings. The number of hydrogen-bond acceptors (Lipinski definition) is 7. The highest BCUT2D eigenvalue weighted by atomic mass is 19.2. The predicted octanol–water partition coefficient (Wildman–Crippen LogP) is 3.67. The zero-order chi connectivity index (χ0) is 24.5. The van der Waals surface area contributed by atoms with Gasteiger partial charge in [0.05, 0.1) is 11.9 Å². The summed E-state index contributed by atoms with van der Waals surface area (Å²) in [4.78, 5) is 23.3. The molecule has 0 saturated carbocycles. The van der Waals surface area contributed by atoms with E-state index in [1.165, 1.54) is 6.20 Å². The Balaban J connectivity index is 1.19. The number of piperazine rings is 1. The highest BCUT2D eigenvalue weighted by Gasteiger charge is 2.17. The first kappa shape index (κ1) is 22.4. The van der Waals surface area contributed by atoms with Crippen molar-refractivity contribution in [1.29, 1.82) is 0 Å². The maximum absolute atomic E-state index is 14.0. The summed E-state index contributed by atoms with van der Waals surface area (Å²) in [6, 6.07) is 7.78. The summed E-state index contributed by atoms with van der Waals surface area (Å²) in [5, 5.41) is 7.42. The number of anilines is 2. The number of fused-ring (bicyclic) bond motifs is 2. The molecule has 6 rings (SSSR count). The minimum atomic E-state index is -1.72. The maximum Gasteiger partial charge on any atom is 0.224 e. The second-order valence-electron chi connectivity index (χ2n) is 8.72. The molecule has 1 saturated heterocycles. The van der Waals surface area contributed by atoms with Crippen molar-refractivity contribution in [2.45, 2.75) is 12.7 Å². The zero-order valence-electron chi connectivity index (χ0n) is 19.5. The van der Waals surface area contributed by atoms with E-state index in [0.29, 0.717) is 23.8 Å². The molecule has 0 amide bonds. The van der Waals surface area contributed by atoms with Gasteiger partial charge in [-0.25, -0.2) is 23.7 Å². The van der Waals surface area contributed by atoms with Crippen molar-refractivity contribution in [3.05, 3.63) is 66.5 Å². The Kier molecular flexibility index (Phi) is 5.90. The van der Waals surface area contributed by atoms with Gasteiger partial charge in [-0.2, -0.15) is 4.98 Å². The number of nitrogens with one attached hydrogen (secondary N) is 3. The molecule has 0 radical (unpaired) electrons. The molecular formula is C25H25F2N9. The van der Waals surface area contributed by atoms with E-state index in [2.05, 4.69) is 46.5 Å². The van der Waals surface area contributed by atoms with Crippen molar-refractivity contribution >= 4 is 28.4 Å². The van der Waals surface area contributed by atoms with Crippen molar-refractivity contribution in [2.24, 2.45) is 0 Å². The summed E-state index contributed by atoms with van der Waals surface area (Å²) in [5.74, 6) is 1.49. The van der Waals surface area contributed by atoms with Crippen LogP contribution in [0.5, 0.6) is 0 Å². The van der Waals surface area contributed by atoms with Crippen molar-refractivity contribution in [3.8, 4) is 11.1 Å². The number of H-pyrrole nitrogens is 1. The molecule has 11 heteroatoms. The van der Waals surface area contributed by atoms with Gasteiger partial charge in [0.1, 0.15) is 23.8 Å². The fourth-order valence-electron chi connectivity index (χ4n) is 4.48. The number of rotatable bonds is 7. The third kappa shape index (κ3) is 4.22. The van der Waals surface area contributed by atoms with E-state index in [1.54, 1.807) is 22.9 Å². The number of imidazole rings is 1. The molecule has 5 aromatic heterocycles. The molecule has 36 heavy (non-hydrogen) atoms. The molecule has 0 bridgehead atoms. The van der Waals surface area contributed by atoms with Crippen molar-refractivity contribution in [3.63, 3.8) is 0 Å². The van der Waals surface area contributed by atoms with E-state index in [-0.39, 0.29) is 5.69 Å². The molecule has 0 spiro atoms. The van der Waals surface area contributed by atoms with Crippen LogP contribution >= 0.6 is 0 Å². The lowest BCUT2D eigenvalue weighted by Crippen LogP contribution is -2.43. The van der Waals surface area contributed by atoms with E-state index < -0.39 is 12.8 Å². The number of hydrogen-bond donors (Lipinski definition) is 3. The third-order valence-electron chi connectivity index (χ3n) is 6.43. The van der Waals surface area contributed by atoms with Crippen LogP contribution in [0.4, 0.5) is 20.5 Å². The van der Waals surface area contributed by atoms with Gasteiger partial charge in [0.15, 0.2) is 6.17 Å². The van der Waals surface area contributed by atoms with Crippen LogP contribution in [-0.2, 0) is 6.54 Å². The Morgan fingerprint density at radius 1 is 1.03 bits per heavy atom. The molecule has 0 aliphatic carbocycles. The molecular weight excluding hydrogens is 464 g/mol. The number of pyridine rings is 2. The fraction of sp³-hybridized carbons (Fsp3) is 0.280. The fourth-order valence-corrected chi connectivity index (χ4v) is 4.48. The van der Waals surface area contributed by atoms with E-state index >= 15 is 0 Å². The molecule has 6 heterocycles. The Hall–Kier alpha value is -4.12. The highest BCUT2D eigenvalue weighted by molar-refractivity contribution is 5.93. The number of aromatic amines is 1. The summed E-state index contributed by atoms with van der Waals surface area (Å²) in [5.41, 5.74) is 4.14. The van der Waals surface area contributed by atoms with Gasteiger partial charge >= 0.3 is 0 Å². The quantitative estimate of drug-likeness (QED) is 0.321. The first-order chi connectivity index (χ1) is 17.7. The SMILES string of the molecule is FCC(F)c1cnc2ccc(-c3c[nH]c4nc(NCc5ccc(N6CCNCC6)nc5)ncc34)cn12. The minimum Gasteiger partial charge on any atom is -0.354 e. The topological polar surface area (TPSA) is 99.1 Å². The summed E-state index contributed by atoms with van der Waals surface area (Å²) in [6.45, 7) is 3.32. The molecule has 1 aliphatic rings. The number of aromatic nitrogens is 6. The van der Waals surface area contributed by atoms with Gasteiger partial charge < -0.3 is 24.9 Å². The second kappa shape index (κ2) is 9.50. The first-order valence-corrected chi connectivity index (χ1v) is 11.9. The number of nitrogens with zero attached hydrogens (tertiary/aromatic N) is 6. The monoisotopic (exact) mass is 489 g/mol. The van der Waals surface area contributed by atoms with Crippen molar-refractivity contribution in [2.75, 3.05) is 43.1 Å². The summed E-state index contributed by atoms with van der Waals surface area (Å²) in [7, 11) is 0. The van der Waals surface area contributed by atoms with Crippen LogP contribution in [0, 0.1) is 0 Å². The first-order valence-electron chi connectivity index (χ1n) is 11.9. The Labute approximate surface area is 205 Å². The van der Waals surface area contributed by atoms with E-state index in [9.17, 15) is 8.78 Å². The number of alkyl halides is 2. The predicted molar refractivity (Wildman–Crippen MR) is 135 cm³/mol. The molecule has 1 atom stereocenters. The summed E-state index contributed by atoms with van der Waals surface area (Å²) in [6.07, 6.45) is 6.87. The van der Waals surface area contributed by atoms with Gasteiger partial charge in [-0.15, -0.1) is 0 Å². The van der Waals surface area contributed by atoms with E-state index in [1.807, 2.05) is 24.5 Å². The van der Waals surface area contributed by atoms with Gasteiger partial charge in [0.2, 0.25) is 5.95 Å². The highest BCUT2D eigenvalue weighted by Crippen LogP contribution is 2.29. The average molecular weight is 490 g/mol.